The fourth-order valence-corrected chi connectivity index (χ4v) is 1.65. The SMILES string of the molecule is N#CC1=C(N)ONC1c1ccc(Br)cc1. The van der Waals surface area contributed by atoms with Crippen LogP contribution in [0.25, 0.3) is 0 Å². The topological polar surface area (TPSA) is 71.1 Å². The number of hydrogen-bond donors (Lipinski definition) is 2. The average molecular weight is 266 g/mol. The summed E-state index contributed by atoms with van der Waals surface area (Å²) in [7, 11) is 0. The van der Waals surface area contributed by atoms with Crippen LogP contribution in [0.15, 0.2) is 40.2 Å². The van der Waals surface area contributed by atoms with Gasteiger partial charge in [0.25, 0.3) is 0 Å². The molecule has 1 unspecified atom stereocenters. The third kappa shape index (κ3) is 1.82. The Kier molecular flexibility index (Phi) is 2.62. The molecule has 0 saturated heterocycles. The van der Waals surface area contributed by atoms with Gasteiger partial charge in [-0.1, -0.05) is 28.1 Å². The predicted octanol–water partition coefficient (Wildman–Crippen LogP) is 1.72. The van der Waals surface area contributed by atoms with Crippen LogP contribution in [0.2, 0.25) is 0 Å². The van der Waals surface area contributed by atoms with Gasteiger partial charge in [0.1, 0.15) is 17.7 Å². The molecule has 0 aromatic heterocycles. The van der Waals surface area contributed by atoms with Gasteiger partial charge in [-0.2, -0.15) is 5.26 Å². The number of rotatable bonds is 1. The third-order valence-electron chi connectivity index (χ3n) is 2.16. The molecular formula is C10H8BrN3O. The quantitative estimate of drug-likeness (QED) is 0.811. The van der Waals surface area contributed by atoms with Crippen LogP contribution < -0.4 is 11.2 Å². The van der Waals surface area contributed by atoms with Crippen molar-refractivity contribution in [1.29, 1.82) is 5.26 Å². The second kappa shape index (κ2) is 3.93. The average Bonchev–Trinajstić information content (AvgIpc) is 2.61. The van der Waals surface area contributed by atoms with Crippen LogP contribution in [-0.4, -0.2) is 0 Å². The molecule has 0 bridgehead atoms. The number of hydrogen-bond acceptors (Lipinski definition) is 4. The number of nitriles is 1. The van der Waals surface area contributed by atoms with Crippen molar-refractivity contribution in [3.8, 4) is 6.07 Å². The summed E-state index contributed by atoms with van der Waals surface area (Å²) >= 11 is 3.34. The van der Waals surface area contributed by atoms with Crippen molar-refractivity contribution in [1.82, 2.24) is 5.48 Å². The Morgan fingerprint density at radius 1 is 1.40 bits per heavy atom. The second-order valence-electron chi connectivity index (χ2n) is 3.09. The molecule has 0 amide bonds. The fraction of sp³-hybridized carbons (Fsp3) is 0.100. The third-order valence-corrected chi connectivity index (χ3v) is 2.69. The molecule has 1 aromatic rings. The van der Waals surface area contributed by atoms with E-state index in [-0.39, 0.29) is 11.9 Å². The highest BCUT2D eigenvalue weighted by molar-refractivity contribution is 9.10. The molecule has 1 aromatic carbocycles. The number of nitrogens with one attached hydrogen (secondary N) is 1. The maximum absolute atomic E-state index is 8.91. The van der Waals surface area contributed by atoms with Gasteiger partial charge in [0.2, 0.25) is 5.88 Å². The largest absolute Gasteiger partial charge is 0.389 e. The van der Waals surface area contributed by atoms with Gasteiger partial charge >= 0.3 is 0 Å². The van der Waals surface area contributed by atoms with Crippen molar-refractivity contribution in [2.24, 2.45) is 5.73 Å². The minimum atomic E-state index is -0.275. The summed E-state index contributed by atoms with van der Waals surface area (Å²) in [5.74, 6) is 0.144. The maximum Gasteiger partial charge on any atom is 0.225 e. The molecule has 0 radical (unpaired) electrons. The minimum absolute atomic E-state index is 0.144. The van der Waals surface area contributed by atoms with Crippen molar-refractivity contribution < 1.29 is 4.84 Å². The molecule has 0 spiro atoms. The van der Waals surface area contributed by atoms with E-state index in [4.69, 9.17) is 15.8 Å². The Labute approximate surface area is 95.4 Å². The summed E-state index contributed by atoms with van der Waals surface area (Å²) in [4.78, 5) is 4.93. The zero-order valence-corrected chi connectivity index (χ0v) is 9.28. The first kappa shape index (κ1) is 10.0. The van der Waals surface area contributed by atoms with E-state index in [1.807, 2.05) is 30.3 Å². The van der Waals surface area contributed by atoms with Crippen molar-refractivity contribution in [2.45, 2.75) is 6.04 Å². The van der Waals surface area contributed by atoms with Crippen molar-refractivity contribution in [3.63, 3.8) is 0 Å². The standard InChI is InChI=1S/C10H8BrN3O/c11-7-3-1-6(2-4-7)9-8(5-12)10(13)15-14-9/h1-4,9,14H,13H2. The van der Waals surface area contributed by atoms with Crippen LogP contribution >= 0.6 is 15.9 Å². The lowest BCUT2D eigenvalue weighted by molar-refractivity contribution is 0.114. The van der Waals surface area contributed by atoms with Crippen LogP contribution in [-0.2, 0) is 4.84 Å². The molecule has 2 rings (SSSR count). The van der Waals surface area contributed by atoms with Gasteiger partial charge in [0.05, 0.1) is 0 Å². The van der Waals surface area contributed by atoms with Gasteiger partial charge in [-0.05, 0) is 17.7 Å². The van der Waals surface area contributed by atoms with Gasteiger partial charge < -0.3 is 10.6 Å². The van der Waals surface area contributed by atoms with E-state index in [2.05, 4.69) is 21.4 Å². The van der Waals surface area contributed by atoms with E-state index in [0.29, 0.717) is 5.57 Å². The first-order chi connectivity index (χ1) is 7.22. The Balaban J connectivity index is 2.34. The minimum Gasteiger partial charge on any atom is -0.389 e. The second-order valence-corrected chi connectivity index (χ2v) is 4.01. The van der Waals surface area contributed by atoms with Crippen LogP contribution in [0.3, 0.4) is 0 Å². The summed E-state index contributed by atoms with van der Waals surface area (Å²) in [6.45, 7) is 0. The molecule has 1 aliphatic heterocycles. The van der Waals surface area contributed by atoms with Gasteiger partial charge in [-0.25, -0.2) is 0 Å². The number of halogens is 1. The number of benzene rings is 1. The van der Waals surface area contributed by atoms with Gasteiger partial charge in [0, 0.05) is 4.47 Å². The molecule has 0 aliphatic carbocycles. The Bertz CT molecular complexity index is 447. The highest BCUT2D eigenvalue weighted by Crippen LogP contribution is 2.28. The molecule has 76 valence electrons. The maximum atomic E-state index is 8.91. The van der Waals surface area contributed by atoms with E-state index >= 15 is 0 Å². The van der Waals surface area contributed by atoms with E-state index in [0.717, 1.165) is 10.0 Å². The normalized spacial score (nSPS) is 19.9. The highest BCUT2D eigenvalue weighted by Gasteiger charge is 2.27. The summed E-state index contributed by atoms with van der Waals surface area (Å²) in [6, 6.07) is 9.37. The molecule has 15 heavy (non-hydrogen) atoms. The smallest absolute Gasteiger partial charge is 0.225 e. The zero-order valence-electron chi connectivity index (χ0n) is 7.70. The lowest BCUT2D eigenvalue weighted by Crippen LogP contribution is -2.15. The van der Waals surface area contributed by atoms with Crippen LogP contribution in [0, 0.1) is 11.3 Å². The van der Waals surface area contributed by atoms with Crippen LogP contribution in [0.5, 0.6) is 0 Å². The van der Waals surface area contributed by atoms with E-state index < -0.39 is 0 Å². The molecule has 0 fully saturated rings. The summed E-state index contributed by atoms with van der Waals surface area (Å²) in [6.07, 6.45) is 0. The number of nitrogens with zero attached hydrogens (tertiary/aromatic N) is 1. The predicted molar refractivity (Wildman–Crippen MR) is 57.9 cm³/mol. The van der Waals surface area contributed by atoms with Gasteiger partial charge in [-0.3, -0.25) is 0 Å². The zero-order chi connectivity index (χ0) is 10.8. The Hall–Kier alpha value is -1.51. The fourth-order valence-electron chi connectivity index (χ4n) is 1.39. The van der Waals surface area contributed by atoms with Crippen LogP contribution in [0.1, 0.15) is 11.6 Å². The van der Waals surface area contributed by atoms with Crippen molar-refractivity contribution in [2.75, 3.05) is 0 Å². The van der Waals surface area contributed by atoms with Crippen molar-refractivity contribution >= 4 is 15.9 Å². The van der Waals surface area contributed by atoms with Crippen molar-refractivity contribution in [3.05, 3.63) is 45.8 Å². The molecule has 1 heterocycles. The van der Waals surface area contributed by atoms with E-state index in [1.165, 1.54) is 0 Å². The highest BCUT2D eigenvalue weighted by atomic mass is 79.9. The lowest BCUT2D eigenvalue weighted by atomic mass is 10.0. The molecular weight excluding hydrogens is 258 g/mol. The molecule has 4 nitrogen and oxygen atoms in total. The lowest BCUT2D eigenvalue weighted by Gasteiger charge is -2.08. The molecule has 5 heteroatoms. The summed E-state index contributed by atoms with van der Waals surface area (Å²) in [5, 5.41) is 8.91. The van der Waals surface area contributed by atoms with E-state index in [9.17, 15) is 0 Å². The molecule has 1 atom stereocenters. The Morgan fingerprint density at radius 2 is 2.07 bits per heavy atom. The number of nitrogens with two attached hydrogens (primary N) is 1. The summed E-state index contributed by atoms with van der Waals surface area (Å²) in [5.41, 5.74) is 9.57. The van der Waals surface area contributed by atoms with Crippen LogP contribution in [0.4, 0.5) is 0 Å². The molecule has 1 aliphatic rings. The van der Waals surface area contributed by atoms with Gasteiger partial charge in [-0.15, -0.1) is 5.48 Å². The molecule has 0 saturated carbocycles. The number of hydroxylamine groups is 1. The molecule has 3 N–H and O–H groups in total. The first-order valence-electron chi connectivity index (χ1n) is 4.30. The first-order valence-corrected chi connectivity index (χ1v) is 5.09. The van der Waals surface area contributed by atoms with Gasteiger partial charge in [0.15, 0.2) is 0 Å². The monoisotopic (exact) mass is 265 g/mol. The summed E-state index contributed by atoms with van der Waals surface area (Å²) < 4.78 is 0.987. The van der Waals surface area contributed by atoms with E-state index in [1.54, 1.807) is 0 Å². The Morgan fingerprint density at radius 3 is 2.67 bits per heavy atom.